The first kappa shape index (κ1) is 19.6. The van der Waals surface area contributed by atoms with Crippen molar-refractivity contribution in [3.63, 3.8) is 0 Å². The summed E-state index contributed by atoms with van der Waals surface area (Å²) in [5, 5.41) is 7.75. The van der Waals surface area contributed by atoms with Gasteiger partial charge in [0.25, 0.3) is 5.56 Å². The average Bonchev–Trinajstić information content (AvgIpc) is 3.31. The highest BCUT2D eigenvalue weighted by molar-refractivity contribution is 5.77. The molecule has 0 unspecified atom stereocenters. The predicted molar refractivity (Wildman–Crippen MR) is 116 cm³/mol. The quantitative estimate of drug-likeness (QED) is 0.492. The van der Waals surface area contributed by atoms with Crippen LogP contribution in [0.4, 0.5) is 0 Å². The number of hydrogen-bond donors (Lipinski definition) is 1. The van der Waals surface area contributed by atoms with Crippen molar-refractivity contribution in [3.05, 3.63) is 89.2 Å². The van der Waals surface area contributed by atoms with Crippen LogP contribution in [0.25, 0.3) is 16.6 Å². The third-order valence-electron chi connectivity index (χ3n) is 4.98. The summed E-state index contributed by atoms with van der Waals surface area (Å²) in [5.74, 6) is -0.00930. The molecule has 0 radical (unpaired) electrons. The number of aryl methyl sites for hydroxylation is 1. The van der Waals surface area contributed by atoms with Crippen molar-refractivity contribution in [2.24, 2.45) is 0 Å². The highest BCUT2D eigenvalue weighted by Gasteiger charge is 2.05. The summed E-state index contributed by atoms with van der Waals surface area (Å²) in [7, 11) is 0. The zero-order valence-corrected chi connectivity index (χ0v) is 16.6. The minimum absolute atomic E-state index is 0.00930. The van der Waals surface area contributed by atoms with Gasteiger partial charge in [0.15, 0.2) is 0 Å². The molecule has 0 atom stereocenters. The second-order valence-corrected chi connectivity index (χ2v) is 7.08. The first-order valence-electron chi connectivity index (χ1n) is 10.0. The number of fused-ring (bicyclic) bond motifs is 1. The van der Waals surface area contributed by atoms with E-state index in [9.17, 15) is 9.59 Å². The molecule has 0 saturated heterocycles. The highest BCUT2D eigenvalue weighted by atomic mass is 16.1. The molecular weight excluding hydrogens is 378 g/mol. The minimum atomic E-state index is -0.0698. The maximum Gasteiger partial charge on any atom is 0.261 e. The van der Waals surface area contributed by atoms with Gasteiger partial charge in [0.2, 0.25) is 5.91 Å². The van der Waals surface area contributed by atoms with Gasteiger partial charge >= 0.3 is 0 Å². The number of rotatable bonds is 8. The Morgan fingerprint density at radius 3 is 2.67 bits per heavy atom. The molecule has 7 heteroatoms. The van der Waals surface area contributed by atoms with Crippen LogP contribution in [0.5, 0.6) is 0 Å². The van der Waals surface area contributed by atoms with Crippen molar-refractivity contribution in [1.29, 1.82) is 0 Å². The van der Waals surface area contributed by atoms with Gasteiger partial charge < -0.3 is 5.32 Å². The first-order chi connectivity index (χ1) is 14.7. The van der Waals surface area contributed by atoms with E-state index in [4.69, 9.17) is 0 Å². The fourth-order valence-electron chi connectivity index (χ4n) is 3.35. The van der Waals surface area contributed by atoms with Crippen LogP contribution in [0.3, 0.4) is 0 Å². The lowest BCUT2D eigenvalue weighted by Crippen LogP contribution is -2.26. The van der Waals surface area contributed by atoms with Crippen LogP contribution in [-0.4, -0.2) is 31.8 Å². The van der Waals surface area contributed by atoms with Crippen LogP contribution < -0.4 is 10.9 Å². The Hall–Kier alpha value is -3.74. The van der Waals surface area contributed by atoms with Crippen LogP contribution in [0.2, 0.25) is 0 Å². The van der Waals surface area contributed by atoms with Gasteiger partial charge in [-0.3, -0.25) is 14.2 Å². The van der Waals surface area contributed by atoms with Gasteiger partial charge in [-0.25, -0.2) is 9.67 Å². The van der Waals surface area contributed by atoms with E-state index in [0.29, 0.717) is 36.8 Å². The highest BCUT2D eigenvalue weighted by Crippen LogP contribution is 2.09. The summed E-state index contributed by atoms with van der Waals surface area (Å²) < 4.78 is 3.37. The number of aromatic nitrogens is 4. The summed E-state index contributed by atoms with van der Waals surface area (Å²) in [6.07, 6.45) is 6.92. The molecule has 1 N–H and O–H groups in total. The summed E-state index contributed by atoms with van der Waals surface area (Å²) in [4.78, 5) is 28.9. The molecule has 2 aromatic carbocycles. The number of amides is 1. The second-order valence-electron chi connectivity index (χ2n) is 7.08. The van der Waals surface area contributed by atoms with Gasteiger partial charge in [0.1, 0.15) is 0 Å². The van der Waals surface area contributed by atoms with Crippen molar-refractivity contribution in [2.75, 3.05) is 6.54 Å². The zero-order chi connectivity index (χ0) is 20.8. The van der Waals surface area contributed by atoms with Gasteiger partial charge in [-0.1, -0.05) is 24.3 Å². The fourth-order valence-corrected chi connectivity index (χ4v) is 3.35. The number of benzene rings is 2. The predicted octanol–water partition coefficient (Wildman–Crippen LogP) is 2.72. The van der Waals surface area contributed by atoms with Crippen LogP contribution >= 0.6 is 0 Å². The van der Waals surface area contributed by atoms with E-state index in [2.05, 4.69) is 15.4 Å². The molecule has 0 aliphatic carbocycles. The molecule has 0 aliphatic heterocycles. The number of para-hydroxylation sites is 1. The number of nitrogens with zero attached hydrogens (tertiary/aromatic N) is 4. The molecule has 7 nitrogen and oxygen atoms in total. The summed E-state index contributed by atoms with van der Waals surface area (Å²) in [6, 6.07) is 17.3. The summed E-state index contributed by atoms with van der Waals surface area (Å²) in [5.41, 5.74) is 2.78. The lowest BCUT2D eigenvalue weighted by Gasteiger charge is -2.08. The zero-order valence-electron chi connectivity index (χ0n) is 16.6. The van der Waals surface area contributed by atoms with Crippen molar-refractivity contribution >= 4 is 16.8 Å². The monoisotopic (exact) mass is 401 g/mol. The van der Waals surface area contributed by atoms with E-state index in [1.807, 2.05) is 59.4 Å². The second kappa shape index (κ2) is 9.17. The molecule has 0 fully saturated rings. The molecule has 152 valence electrons. The molecule has 30 heavy (non-hydrogen) atoms. The topological polar surface area (TPSA) is 81.8 Å². The van der Waals surface area contributed by atoms with Crippen molar-refractivity contribution in [1.82, 2.24) is 24.6 Å². The van der Waals surface area contributed by atoms with Crippen molar-refractivity contribution < 1.29 is 4.79 Å². The van der Waals surface area contributed by atoms with E-state index in [-0.39, 0.29) is 11.5 Å². The summed E-state index contributed by atoms with van der Waals surface area (Å²) in [6.45, 7) is 1.05. The molecule has 0 saturated carbocycles. The molecule has 1 amide bonds. The summed E-state index contributed by atoms with van der Waals surface area (Å²) >= 11 is 0. The standard InChI is InChI=1S/C23H23N5O2/c29-22(7-3-15-27-17-25-21-6-2-1-5-20(21)23(27)30)24-14-12-18-8-10-19(11-9-18)28-16-4-13-26-28/h1-2,4-6,8-11,13,16-17H,3,7,12,14-15H2,(H,24,29). The first-order valence-corrected chi connectivity index (χ1v) is 10.0. The normalized spacial score (nSPS) is 10.9. The van der Waals surface area contributed by atoms with Crippen LogP contribution in [0, 0.1) is 0 Å². The largest absolute Gasteiger partial charge is 0.356 e. The van der Waals surface area contributed by atoms with Gasteiger partial charge in [0, 0.05) is 31.9 Å². The lowest BCUT2D eigenvalue weighted by atomic mass is 10.1. The fraction of sp³-hybridized carbons (Fsp3) is 0.217. The number of carbonyl (C=O) groups is 1. The number of nitrogens with one attached hydrogen (secondary N) is 1. The van der Waals surface area contributed by atoms with Crippen molar-refractivity contribution in [3.8, 4) is 5.69 Å². The van der Waals surface area contributed by atoms with Gasteiger partial charge in [-0.05, 0) is 48.7 Å². The van der Waals surface area contributed by atoms with Crippen LogP contribution in [0.1, 0.15) is 18.4 Å². The van der Waals surface area contributed by atoms with Gasteiger partial charge in [0.05, 0.1) is 22.9 Å². The Morgan fingerprint density at radius 1 is 1.03 bits per heavy atom. The molecule has 0 aliphatic rings. The van der Waals surface area contributed by atoms with E-state index in [0.717, 1.165) is 17.7 Å². The molecule has 4 aromatic rings. The molecule has 0 bridgehead atoms. The third kappa shape index (κ3) is 4.63. The molecular formula is C23H23N5O2. The van der Waals surface area contributed by atoms with E-state index in [1.165, 1.54) is 0 Å². The van der Waals surface area contributed by atoms with E-state index < -0.39 is 0 Å². The van der Waals surface area contributed by atoms with Crippen LogP contribution in [0.15, 0.2) is 78.1 Å². The smallest absolute Gasteiger partial charge is 0.261 e. The molecule has 4 rings (SSSR count). The van der Waals surface area contributed by atoms with Gasteiger partial charge in [-0.15, -0.1) is 0 Å². The Labute approximate surface area is 174 Å². The Kier molecular flexibility index (Phi) is 5.98. The third-order valence-corrected chi connectivity index (χ3v) is 4.98. The minimum Gasteiger partial charge on any atom is -0.356 e. The molecule has 2 heterocycles. The number of hydrogen-bond acceptors (Lipinski definition) is 4. The Morgan fingerprint density at radius 2 is 1.87 bits per heavy atom. The van der Waals surface area contributed by atoms with E-state index in [1.54, 1.807) is 23.2 Å². The average molecular weight is 401 g/mol. The maximum absolute atomic E-state index is 12.4. The molecule has 0 spiro atoms. The molecule has 2 aromatic heterocycles. The lowest BCUT2D eigenvalue weighted by molar-refractivity contribution is -0.121. The van der Waals surface area contributed by atoms with Gasteiger partial charge in [-0.2, -0.15) is 5.10 Å². The maximum atomic E-state index is 12.4. The SMILES string of the molecule is O=C(CCCn1cnc2ccccc2c1=O)NCCc1ccc(-n2cccn2)cc1. The van der Waals surface area contributed by atoms with Crippen LogP contribution in [-0.2, 0) is 17.8 Å². The van der Waals surface area contributed by atoms with E-state index >= 15 is 0 Å². The Bertz CT molecular complexity index is 1180. The van der Waals surface area contributed by atoms with Crippen molar-refractivity contribution in [2.45, 2.75) is 25.8 Å². The number of carbonyl (C=O) groups excluding carboxylic acids is 1. The Balaban J connectivity index is 1.21.